The van der Waals surface area contributed by atoms with Gasteiger partial charge >= 0.3 is 0 Å². The quantitative estimate of drug-likeness (QED) is 0.800. The molecule has 0 spiro atoms. The predicted octanol–water partition coefficient (Wildman–Crippen LogP) is 3.53. The van der Waals surface area contributed by atoms with Crippen molar-refractivity contribution in [2.45, 2.75) is 26.4 Å². The van der Waals surface area contributed by atoms with Crippen molar-refractivity contribution in [1.29, 1.82) is 0 Å². The van der Waals surface area contributed by atoms with Crippen molar-refractivity contribution in [1.82, 2.24) is 9.55 Å². The van der Waals surface area contributed by atoms with Crippen molar-refractivity contribution in [3.63, 3.8) is 0 Å². The molecule has 3 nitrogen and oxygen atoms in total. The van der Waals surface area contributed by atoms with E-state index in [0.29, 0.717) is 6.42 Å². The summed E-state index contributed by atoms with van der Waals surface area (Å²) < 4.78 is 2.06. The highest BCUT2D eigenvalue weighted by Crippen LogP contribution is 2.29. The van der Waals surface area contributed by atoms with Crippen molar-refractivity contribution in [3.8, 4) is 0 Å². The fraction of sp³-hybridized carbons (Fsp3) is 0.312. The maximum atomic E-state index is 10.4. The fourth-order valence-corrected chi connectivity index (χ4v) is 3.45. The Balaban J connectivity index is 1.91. The molecule has 1 aromatic carbocycles. The smallest absolute Gasteiger partial charge is 0.112 e. The minimum absolute atomic E-state index is 0.483. The van der Waals surface area contributed by atoms with E-state index < -0.39 is 6.10 Å². The van der Waals surface area contributed by atoms with Gasteiger partial charge in [0.25, 0.3) is 0 Å². The second kappa shape index (κ2) is 5.04. The normalized spacial score (nSPS) is 13.0. The molecule has 2 heterocycles. The Morgan fingerprint density at radius 2 is 2.05 bits per heavy atom. The molecule has 0 amide bonds. The number of aliphatic hydroxyl groups is 1. The maximum Gasteiger partial charge on any atom is 0.112 e. The SMILES string of the molecule is Cc1cc(C(O)Cc2nc3ccccc3n2C)sc1C. The molecule has 0 radical (unpaired) electrons. The van der Waals surface area contributed by atoms with Crippen LogP contribution in [0.15, 0.2) is 30.3 Å². The van der Waals surface area contributed by atoms with Crippen LogP contribution >= 0.6 is 11.3 Å². The van der Waals surface area contributed by atoms with E-state index in [0.717, 1.165) is 21.7 Å². The second-order valence-electron chi connectivity index (χ2n) is 5.18. The minimum Gasteiger partial charge on any atom is -0.387 e. The number of hydrogen-bond donors (Lipinski definition) is 1. The largest absolute Gasteiger partial charge is 0.387 e. The summed E-state index contributed by atoms with van der Waals surface area (Å²) in [6.45, 7) is 4.17. The zero-order valence-electron chi connectivity index (χ0n) is 11.9. The fourth-order valence-electron chi connectivity index (χ4n) is 2.42. The van der Waals surface area contributed by atoms with Gasteiger partial charge in [-0.3, -0.25) is 0 Å². The van der Waals surface area contributed by atoms with Crippen LogP contribution in [0, 0.1) is 13.8 Å². The van der Waals surface area contributed by atoms with Crippen LogP contribution in [-0.4, -0.2) is 14.7 Å². The summed E-state index contributed by atoms with van der Waals surface area (Å²) in [4.78, 5) is 6.90. The second-order valence-corrected chi connectivity index (χ2v) is 6.47. The average molecular weight is 286 g/mol. The Morgan fingerprint density at radius 3 is 2.70 bits per heavy atom. The first kappa shape index (κ1) is 13.3. The highest BCUT2D eigenvalue weighted by Gasteiger charge is 2.16. The van der Waals surface area contributed by atoms with Crippen molar-refractivity contribution >= 4 is 22.4 Å². The molecule has 0 fully saturated rings. The Morgan fingerprint density at radius 1 is 1.30 bits per heavy atom. The third kappa shape index (κ3) is 2.25. The number of fused-ring (bicyclic) bond motifs is 1. The number of benzene rings is 1. The van der Waals surface area contributed by atoms with E-state index in [2.05, 4.69) is 35.5 Å². The van der Waals surface area contributed by atoms with Crippen LogP contribution in [0.5, 0.6) is 0 Å². The van der Waals surface area contributed by atoms with Crippen molar-refractivity contribution in [2.24, 2.45) is 7.05 Å². The van der Waals surface area contributed by atoms with E-state index in [4.69, 9.17) is 0 Å². The molecule has 0 aliphatic rings. The molecule has 1 N–H and O–H groups in total. The van der Waals surface area contributed by atoms with Gasteiger partial charge in [-0.15, -0.1) is 11.3 Å². The first-order valence-corrected chi connectivity index (χ1v) is 7.53. The van der Waals surface area contributed by atoms with Gasteiger partial charge in [-0.05, 0) is 37.6 Å². The molecular weight excluding hydrogens is 268 g/mol. The van der Waals surface area contributed by atoms with Crippen LogP contribution in [0.2, 0.25) is 0 Å². The van der Waals surface area contributed by atoms with Gasteiger partial charge in [0.15, 0.2) is 0 Å². The number of hydrogen-bond acceptors (Lipinski definition) is 3. The van der Waals surface area contributed by atoms with Crippen LogP contribution in [0.1, 0.15) is 27.2 Å². The van der Waals surface area contributed by atoms with Gasteiger partial charge in [0, 0.05) is 23.2 Å². The van der Waals surface area contributed by atoms with E-state index in [1.54, 1.807) is 11.3 Å². The molecule has 20 heavy (non-hydrogen) atoms. The highest BCUT2D eigenvalue weighted by atomic mass is 32.1. The van der Waals surface area contributed by atoms with Gasteiger partial charge in [-0.25, -0.2) is 4.98 Å². The molecule has 104 valence electrons. The van der Waals surface area contributed by atoms with Gasteiger partial charge in [0.05, 0.1) is 17.1 Å². The summed E-state index contributed by atoms with van der Waals surface area (Å²) in [5.41, 5.74) is 3.33. The summed E-state index contributed by atoms with van der Waals surface area (Å²) in [5.74, 6) is 0.919. The molecule has 0 aliphatic heterocycles. The number of rotatable bonds is 3. The zero-order valence-corrected chi connectivity index (χ0v) is 12.7. The summed E-state index contributed by atoms with van der Waals surface area (Å²) >= 11 is 1.67. The standard InChI is InChI=1S/C16H18N2OS/c1-10-8-15(20-11(10)2)14(19)9-16-17-12-6-4-5-7-13(12)18(16)3/h4-8,14,19H,9H2,1-3H3. The zero-order chi connectivity index (χ0) is 14.3. The number of aromatic nitrogens is 2. The topological polar surface area (TPSA) is 38.1 Å². The summed E-state index contributed by atoms with van der Waals surface area (Å²) in [5, 5.41) is 10.4. The maximum absolute atomic E-state index is 10.4. The van der Waals surface area contributed by atoms with Crippen LogP contribution in [0.4, 0.5) is 0 Å². The molecular formula is C16H18N2OS. The summed E-state index contributed by atoms with van der Waals surface area (Å²) in [7, 11) is 2.00. The first-order valence-electron chi connectivity index (χ1n) is 6.71. The molecule has 1 atom stereocenters. The van der Waals surface area contributed by atoms with Crippen LogP contribution < -0.4 is 0 Å². The predicted molar refractivity (Wildman–Crippen MR) is 83.2 cm³/mol. The summed E-state index contributed by atoms with van der Waals surface area (Å²) in [6, 6.07) is 10.1. The van der Waals surface area contributed by atoms with Gasteiger partial charge in [0.2, 0.25) is 0 Å². The summed E-state index contributed by atoms with van der Waals surface area (Å²) in [6.07, 6.45) is 0.0628. The lowest BCUT2D eigenvalue weighted by Crippen LogP contribution is -2.05. The molecule has 2 aromatic heterocycles. The number of para-hydroxylation sites is 2. The van der Waals surface area contributed by atoms with Crippen molar-refractivity contribution < 1.29 is 5.11 Å². The molecule has 1 unspecified atom stereocenters. The number of aryl methyl sites for hydroxylation is 3. The molecule has 4 heteroatoms. The Hall–Kier alpha value is -1.65. The van der Waals surface area contributed by atoms with E-state index in [-0.39, 0.29) is 0 Å². The third-order valence-corrected chi connectivity index (χ3v) is 5.02. The molecule has 3 rings (SSSR count). The lowest BCUT2D eigenvalue weighted by atomic mass is 10.2. The molecule has 3 aromatic rings. The van der Waals surface area contributed by atoms with E-state index in [9.17, 15) is 5.11 Å². The number of aliphatic hydroxyl groups excluding tert-OH is 1. The molecule has 0 aliphatic carbocycles. The number of imidazole rings is 1. The third-order valence-electron chi connectivity index (χ3n) is 3.77. The van der Waals surface area contributed by atoms with Crippen LogP contribution in [-0.2, 0) is 13.5 Å². The molecule has 0 bridgehead atoms. The Labute approximate surface area is 122 Å². The van der Waals surface area contributed by atoms with E-state index >= 15 is 0 Å². The van der Waals surface area contributed by atoms with Crippen molar-refractivity contribution in [2.75, 3.05) is 0 Å². The monoisotopic (exact) mass is 286 g/mol. The van der Waals surface area contributed by atoms with Crippen LogP contribution in [0.3, 0.4) is 0 Å². The van der Waals surface area contributed by atoms with E-state index in [1.807, 2.05) is 25.2 Å². The highest BCUT2D eigenvalue weighted by molar-refractivity contribution is 7.12. The lowest BCUT2D eigenvalue weighted by Gasteiger charge is -2.08. The molecule has 0 saturated carbocycles. The van der Waals surface area contributed by atoms with Crippen molar-refractivity contribution in [3.05, 3.63) is 51.5 Å². The average Bonchev–Trinajstić information content (AvgIpc) is 2.92. The van der Waals surface area contributed by atoms with E-state index in [1.165, 1.54) is 10.4 Å². The van der Waals surface area contributed by atoms with Gasteiger partial charge in [0.1, 0.15) is 5.82 Å². The first-order chi connectivity index (χ1) is 9.56. The van der Waals surface area contributed by atoms with Gasteiger partial charge < -0.3 is 9.67 Å². The number of thiophene rings is 1. The molecule has 0 saturated heterocycles. The van der Waals surface area contributed by atoms with Crippen LogP contribution in [0.25, 0.3) is 11.0 Å². The Kier molecular flexibility index (Phi) is 3.36. The van der Waals surface area contributed by atoms with Gasteiger partial charge in [-0.2, -0.15) is 0 Å². The lowest BCUT2D eigenvalue weighted by molar-refractivity contribution is 0.179. The minimum atomic E-state index is -0.483. The Bertz CT molecular complexity index is 738. The van der Waals surface area contributed by atoms with Gasteiger partial charge in [-0.1, -0.05) is 12.1 Å². The number of nitrogens with zero attached hydrogens (tertiary/aromatic N) is 2.